The Balaban J connectivity index is 1.60. The van der Waals surface area contributed by atoms with Gasteiger partial charge in [-0.25, -0.2) is 4.39 Å². The maximum atomic E-state index is 14.1. The molecule has 140 valence electrons. The topological polar surface area (TPSA) is 35.5 Å². The molecule has 0 aliphatic carbocycles. The second kappa shape index (κ2) is 9.26. The lowest BCUT2D eigenvalue weighted by atomic mass is 10.0. The molecule has 0 radical (unpaired) electrons. The summed E-state index contributed by atoms with van der Waals surface area (Å²) in [5.74, 6) is -0.128. The highest BCUT2D eigenvalue weighted by Gasteiger charge is 2.17. The van der Waals surface area contributed by atoms with Gasteiger partial charge in [-0.2, -0.15) is 0 Å². The van der Waals surface area contributed by atoms with E-state index in [0.717, 1.165) is 56.6 Å². The number of aliphatic hydroxyl groups excluding tert-OH is 1. The molecule has 3 nitrogen and oxygen atoms in total. The van der Waals surface area contributed by atoms with Crippen molar-refractivity contribution < 1.29 is 9.50 Å². The number of rotatable bonds is 7. The molecule has 0 bridgehead atoms. The predicted octanol–water partition coefficient (Wildman–Crippen LogP) is 3.63. The molecular formula is C22H29FN2O. The zero-order valence-corrected chi connectivity index (χ0v) is 15.5. The summed E-state index contributed by atoms with van der Waals surface area (Å²) < 4.78 is 14.1. The average Bonchev–Trinajstić information content (AvgIpc) is 2.66. The summed E-state index contributed by atoms with van der Waals surface area (Å²) in [5, 5.41) is 13.1. The Kier molecular flexibility index (Phi) is 6.78. The fourth-order valence-electron chi connectivity index (χ4n) is 3.66. The number of piperidine rings is 1. The van der Waals surface area contributed by atoms with Gasteiger partial charge < -0.3 is 10.4 Å². The van der Waals surface area contributed by atoms with Crippen molar-refractivity contribution in [2.24, 2.45) is 0 Å². The fraction of sp³-hybridized carbons (Fsp3) is 0.455. The van der Waals surface area contributed by atoms with Crippen molar-refractivity contribution in [2.75, 3.05) is 13.1 Å². The minimum atomic E-state index is -0.142. The van der Waals surface area contributed by atoms with Gasteiger partial charge >= 0.3 is 0 Å². The molecule has 1 aliphatic heterocycles. The first-order valence-corrected chi connectivity index (χ1v) is 9.61. The molecule has 4 heteroatoms. The highest BCUT2D eigenvalue weighted by Crippen LogP contribution is 2.18. The van der Waals surface area contributed by atoms with Crippen molar-refractivity contribution in [1.82, 2.24) is 10.2 Å². The largest absolute Gasteiger partial charge is 0.393 e. The number of hydrogen-bond donors (Lipinski definition) is 2. The van der Waals surface area contributed by atoms with Crippen LogP contribution in [0.5, 0.6) is 0 Å². The van der Waals surface area contributed by atoms with E-state index in [9.17, 15) is 9.50 Å². The number of nitrogens with one attached hydrogen (secondary N) is 1. The average molecular weight is 356 g/mol. The molecule has 0 spiro atoms. The van der Waals surface area contributed by atoms with Gasteiger partial charge in [-0.05, 0) is 42.0 Å². The Morgan fingerprint density at radius 3 is 2.42 bits per heavy atom. The molecule has 0 saturated carbocycles. The lowest BCUT2D eigenvalue weighted by Crippen LogP contribution is -2.35. The lowest BCUT2D eigenvalue weighted by molar-refractivity contribution is 0.0791. The highest BCUT2D eigenvalue weighted by atomic mass is 19.1. The molecule has 0 atom stereocenters. The van der Waals surface area contributed by atoms with Crippen LogP contribution in [0, 0.1) is 5.82 Å². The molecule has 0 unspecified atom stereocenters. The summed E-state index contributed by atoms with van der Waals surface area (Å²) in [7, 11) is 0. The van der Waals surface area contributed by atoms with Crippen LogP contribution in [-0.4, -0.2) is 29.2 Å². The maximum Gasteiger partial charge on any atom is 0.127 e. The number of hydrogen-bond acceptors (Lipinski definition) is 3. The Hall–Kier alpha value is -1.75. The zero-order chi connectivity index (χ0) is 18.4. The van der Waals surface area contributed by atoms with E-state index in [1.807, 2.05) is 6.07 Å². The summed E-state index contributed by atoms with van der Waals surface area (Å²) in [6, 6.07) is 13.8. The van der Waals surface area contributed by atoms with Crippen LogP contribution in [0.15, 0.2) is 42.5 Å². The quantitative estimate of drug-likeness (QED) is 0.795. The molecule has 0 amide bonds. The summed E-state index contributed by atoms with van der Waals surface area (Å²) >= 11 is 0. The van der Waals surface area contributed by atoms with Crippen molar-refractivity contribution >= 4 is 0 Å². The van der Waals surface area contributed by atoms with Gasteiger partial charge in [0, 0.05) is 38.3 Å². The minimum Gasteiger partial charge on any atom is -0.393 e. The monoisotopic (exact) mass is 356 g/mol. The van der Waals surface area contributed by atoms with E-state index in [-0.39, 0.29) is 11.9 Å². The lowest BCUT2D eigenvalue weighted by Gasteiger charge is -2.30. The molecule has 1 saturated heterocycles. The molecule has 2 aromatic carbocycles. The SMILES string of the molecule is CCc1cccc(F)c1CNCc1ccccc1CN1CCC(O)CC1. The van der Waals surface area contributed by atoms with Gasteiger partial charge in [0.15, 0.2) is 0 Å². The Labute approximate surface area is 155 Å². The van der Waals surface area contributed by atoms with Crippen LogP contribution in [0.4, 0.5) is 4.39 Å². The van der Waals surface area contributed by atoms with Gasteiger partial charge in [-0.3, -0.25) is 4.90 Å². The standard InChI is InChI=1S/C22H29FN2O/c1-2-17-8-5-9-22(23)21(17)15-24-14-18-6-3-4-7-19(18)16-25-12-10-20(26)11-13-25/h3-9,20,24,26H,2,10-16H2,1H3. The third-order valence-electron chi connectivity index (χ3n) is 5.28. The molecule has 1 fully saturated rings. The number of likely N-dealkylation sites (tertiary alicyclic amines) is 1. The van der Waals surface area contributed by atoms with E-state index in [4.69, 9.17) is 0 Å². The summed E-state index contributed by atoms with van der Waals surface area (Å²) in [6.07, 6.45) is 2.41. The molecule has 1 heterocycles. The second-order valence-corrected chi connectivity index (χ2v) is 7.11. The van der Waals surface area contributed by atoms with Gasteiger partial charge in [0.1, 0.15) is 5.82 Å². The smallest absolute Gasteiger partial charge is 0.127 e. The van der Waals surface area contributed by atoms with Crippen molar-refractivity contribution in [3.8, 4) is 0 Å². The number of aliphatic hydroxyl groups is 1. The minimum absolute atomic E-state index is 0.128. The van der Waals surface area contributed by atoms with Gasteiger partial charge in [0.05, 0.1) is 6.10 Å². The Bertz CT molecular complexity index is 711. The first kappa shape index (κ1) is 19.0. The van der Waals surface area contributed by atoms with Crippen LogP contribution < -0.4 is 5.32 Å². The molecule has 1 aliphatic rings. The van der Waals surface area contributed by atoms with E-state index in [2.05, 4.69) is 41.4 Å². The normalized spacial score (nSPS) is 16.1. The van der Waals surface area contributed by atoms with Crippen molar-refractivity contribution in [2.45, 2.75) is 51.9 Å². The third kappa shape index (κ3) is 4.91. The predicted molar refractivity (Wildman–Crippen MR) is 103 cm³/mol. The van der Waals surface area contributed by atoms with Crippen molar-refractivity contribution in [3.63, 3.8) is 0 Å². The summed E-state index contributed by atoms with van der Waals surface area (Å²) in [6.45, 7) is 6.12. The second-order valence-electron chi connectivity index (χ2n) is 7.11. The van der Waals surface area contributed by atoms with Crippen LogP contribution >= 0.6 is 0 Å². The number of halogens is 1. The first-order valence-electron chi connectivity index (χ1n) is 9.61. The van der Waals surface area contributed by atoms with Crippen LogP contribution in [0.3, 0.4) is 0 Å². The molecule has 0 aromatic heterocycles. The number of nitrogens with zero attached hydrogens (tertiary/aromatic N) is 1. The van der Waals surface area contributed by atoms with E-state index >= 15 is 0 Å². The van der Waals surface area contributed by atoms with Gasteiger partial charge in [-0.1, -0.05) is 43.3 Å². The molecule has 26 heavy (non-hydrogen) atoms. The van der Waals surface area contributed by atoms with Crippen LogP contribution in [0.1, 0.15) is 42.0 Å². The van der Waals surface area contributed by atoms with E-state index in [1.54, 1.807) is 6.07 Å². The van der Waals surface area contributed by atoms with Gasteiger partial charge in [0.25, 0.3) is 0 Å². The van der Waals surface area contributed by atoms with E-state index in [0.29, 0.717) is 6.54 Å². The van der Waals surface area contributed by atoms with E-state index in [1.165, 1.54) is 17.2 Å². The summed E-state index contributed by atoms with van der Waals surface area (Å²) in [5.41, 5.74) is 4.41. The fourth-order valence-corrected chi connectivity index (χ4v) is 3.66. The van der Waals surface area contributed by atoms with Crippen LogP contribution in [0.2, 0.25) is 0 Å². The molecular weight excluding hydrogens is 327 g/mol. The van der Waals surface area contributed by atoms with Crippen LogP contribution in [0.25, 0.3) is 0 Å². The Morgan fingerprint density at radius 1 is 1.00 bits per heavy atom. The zero-order valence-electron chi connectivity index (χ0n) is 15.5. The Morgan fingerprint density at radius 2 is 1.69 bits per heavy atom. The first-order chi connectivity index (χ1) is 12.7. The molecule has 2 aromatic rings. The molecule has 2 N–H and O–H groups in total. The summed E-state index contributed by atoms with van der Waals surface area (Å²) in [4.78, 5) is 2.40. The third-order valence-corrected chi connectivity index (χ3v) is 5.28. The number of aryl methyl sites for hydroxylation is 1. The van der Waals surface area contributed by atoms with Gasteiger partial charge in [0.2, 0.25) is 0 Å². The maximum absolute atomic E-state index is 14.1. The number of benzene rings is 2. The molecule has 3 rings (SSSR count). The van der Waals surface area contributed by atoms with Gasteiger partial charge in [-0.15, -0.1) is 0 Å². The van der Waals surface area contributed by atoms with Crippen LogP contribution in [-0.2, 0) is 26.1 Å². The highest BCUT2D eigenvalue weighted by molar-refractivity contribution is 5.30. The van der Waals surface area contributed by atoms with E-state index < -0.39 is 0 Å². The van der Waals surface area contributed by atoms with Crippen molar-refractivity contribution in [3.05, 3.63) is 70.5 Å². The van der Waals surface area contributed by atoms with Crippen molar-refractivity contribution in [1.29, 1.82) is 0 Å².